The van der Waals surface area contributed by atoms with Gasteiger partial charge in [0, 0.05) is 22.8 Å². The molecule has 6 heteroatoms. The Morgan fingerprint density at radius 1 is 1.19 bits per heavy atom. The second kappa shape index (κ2) is 7.72. The van der Waals surface area contributed by atoms with Crippen LogP contribution in [0, 0.1) is 24.7 Å². The van der Waals surface area contributed by atoms with E-state index in [1.807, 2.05) is 14.0 Å². The predicted octanol–water partition coefficient (Wildman–Crippen LogP) is 2.98. The van der Waals surface area contributed by atoms with Crippen LogP contribution >= 0.6 is 11.3 Å². The molecule has 0 spiro atoms. The van der Waals surface area contributed by atoms with Crippen molar-refractivity contribution in [2.24, 2.45) is 17.8 Å². The van der Waals surface area contributed by atoms with Crippen LogP contribution in [-0.2, 0) is 16.6 Å². The molecule has 0 fully saturated rings. The molecular weight excluding hydrogens is 304 g/mol. The van der Waals surface area contributed by atoms with Gasteiger partial charge in [-0.15, -0.1) is 11.3 Å². The molecule has 4 nitrogen and oxygen atoms in total. The Balaban J connectivity index is 2.86. The van der Waals surface area contributed by atoms with Gasteiger partial charge in [-0.2, -0.15) is 0 Å². The molecule has 122 valence electrons. The topological polar surface area (TPSA) is 58.2 Å². The molecule has 0 saturated carbocycles. The molecule has 0 amide bonds. The van der Waals surface area contributed by atoms with Gasteiger partial charge in [-0.3, -0.25) is 0 Å². The normalized spacial score (nSPS) is 12.8. The fraction of sp³-hybridized carbons (Fsp3) is 0.733. The smallest absolute Gasteiger partial charge is 0.241 e. The number of sulfonamides is 1. The van der Waals surface area contributed by atoms with Crippen molar-refractivity contribution in [3.63, 3.8) is 0 Å². The summed E-state index contributed by atoms with van der Waals surface area (Å²) >= 11 is 1.53. The van der Waals surface area contributed by atoms with Gasteiger partial charge in [0.1, 0.15) is 0 Å². The largest absolute Gasteiger partial charge is 0.315 e. The standard InChI is InChI=1S/C15H28N2O2S2/c1-10(2)14(11(3)4)9-17-21(18,19)15-7-13(8-16-6)20-12(15)5/h7,10-11,14,16-17H,8-9H2,1-6H3. The first-order valence-corrected chi connectivity index (χ1v) is 9.72. The number of aryl methyl sites for hydroxylation is 1. The van der Waals surface area contributed by atoms with E-state index < -0.39 is 10.0 Å². The summed E-state index contributed by atoms with van der Waals surface area (Å²) in [5, 5.41) is 3.05. The van der Waals surface area contributed by atoms with Crippen LogP contribution in [0.3, 0.4) is 0 Å². The minimum absolute atomic E-state index is 0.343. The molecule has 0 aromatic carbocycles. The van der Waals surface area contributed by atoms with Crippen LogP contribution in [0.2, 0.25) is 0 Å². The van der Waals surface area contributed by atoms with Gasteiger partial charge in [0.05, 0.1) is 4.90 Å². The van der Waals surface area contributed by atoms with E-state index in [1.54, 1.807) is 6.07 Å². The number of rotatable bonds is 8. The Hall–Kier alpha value is -0.430. The first-order valence-electron chi connectivity index (χ1n) is 7.42. The maximum atomic E-state index is 12.5. The van der Waals surface area contributed by atoms with E-state index in [4.69, 9.17) is 0 Å². The summed E-state index contributed by atoms with van der Waals surface area (Å²) in [4.78, 5) is 2.31. The Morgan fingerprint density at radius 2 is 1.76 bits per heavy atom. The van der Waals surface area contributed by atoms with E-state index in [0.29, 0.717) is 35.7 Å². The van der Waals surface area contributed by atoms with Crippen molar-refractivity contribution in [2.75, 3.05) is 13.6 Å². The third-order valence-corrected chi connectivity index (χ3v) is 6.51. The number of hydrogen-bond acceptors (Lipinski definition) is 4. The Kier molecular flexibility index (Phi) is 6.84. The quantitative estimate of drug-likeness (QED) is 0.769. The van der Waals surface area contributed by atoms with Gasteiger partial charge < -0.3 is 5.32 Å². The van der Waals surface area contributed by atoms with Gasteiger partial charge in [-0.1, -0.05) is 27.7 Å². The lowest BCUT2D eigenvalue weighted by Crippen LogP contribution is -2.34. The van der Waals surface area contributed by atoms with Gasteiger partial charge in [0.15, 0.2) is 0 Å². The van der Waals surface area contributed by atoms with Crippen molar-refractivity contribution in [1.29, 1.82) is 0 Å². The van der Waals surface area contributed by atoms with Crippen molar-refractivity contribution < 1.29 is 8.42 Å². The molecule has 1 heterocycles. The fourth-order valence-electron chi connectivity index (χ4n) is 2.58. The Bertz CT molecular complexity index is 540. The van der Waals surface area contributed by atoms with Crippen LogP contribution in [0.1, 0.15) is 37.4 Å². The first-order chi connectivity index (χ1) is 9.69. The van der Waals surface area contributed by atoms with Gasteiger partial charge in [0.25, 0.3) is 0 Å². The van der Waals surface area contributed by atoms with E-state index in [-0.39, 0.29) is 0 Å². The van der Waals surface area contributed by atoms with E-state index in [0.717, 1.165) is 9.75 Å². The molecule has 1 aromatic heterocycles. The zero-order valence-electron chi connectivity index (χ0n) is 13.9. The van der Waals surface area contributed by atoms with Gasteiger partial charge in [0.2, 0.25) is 10.0 Å². The van der Waals surface area contributed by atoms with Gasteiger partial charge >= 0.3 is 0 Å². The molecule has 1 aromatic rings. The van der Waals surface area contributed by atoms with Gasteiger partial charge in [-0.05, 0) is 37.8 Å². The maximum Gasteiger partial charge on any atom is 0.241 e. The van der Waals surface area contributed by atoms with Gasteiger partial charge in [-0.25, -0.2) is 13.1 Å². The average Bonchev–Trinajstić information content (AvgIpc) is 2.70. The Labute approximate surface area is 133 Å². The molecule has 0 radical (unpaired) electrons. The third kappa shape index (κ3) is 5.06. The number of nitrogens with one attached hydrogen (secondary N) is 2. The summed E-state index contributed by atoms with van der Waals surface area (Å²) in [6, 6.07) is 1.78. The molecule has 0 aliphatic heterocycles. The predicted molar refractivity (Wildman–Crippen MR) is 90.2 cm³/mol. The summed E-state index contributed by atoms with van der Waals surface area (Å²) in [5.74, 6) is 1.25. The molecule has 0 saturated heterocycles. The van der Waals surface area contributed by atoms with Crippen molar-refractivity contribution in [1.82, 2.24) is 10.0 Å². The molecule has 0 bridgehead atoms. The zero-order valence-corrected chi connectivity index (χ0v) is 15.5. The minimum Gasteiger partial charge on any atom is -0.315 e. The first kappa shape index (κ1) is 18.6. The fourth-order valence-corrected chi connectivity index (χ4v) is 5.30. The molecule has 21 heavy (non-hydrogen) atoms. The number of hydrogen-bond donors (Lipinski definition) is 2. The lowest BCUT2D eigenvalue weighted by molar-refractivity contribution is 0.289. The van der Waals surface area contributed by atoms with E-state index in [9.17, 15) is 8.42 Å². The minimum atomic E-state index is -3.42. The SMILES string of the molecule is CNCc1cc(S(=O)(=O)NCC(C(C)C)C(C)C)c(C)s1. The third-order valence-electron chi connectivity index (χ3n) is 3.79. The van der Waals surface area contributed by atoms with Crippen molar-refractivity contribution in [3.8, 4) is 0 Å². The van der Waals surface area contributed by atoms with Crippen molar-refractivity contribution in [3.05, 3.63) is 15.8 Å². The van der Waals surface area contributed by atoms with Crippen LogP contribution in [0.25, 0.3) is 0 Å². The highest BCUT2D eigenvalue weighted by Gasteiger charge is 2.23. The van der Waals surface area contributed by atoms with E-state index in [2.05, 4.69) is 37.7 Å². The van der Waals surface area contributed by atoms with Crippen LogP contribution < -0.4 is 10.0 Å². The molecule has 0 aliphatic rings. The monoisotopic (exact) mass is 332 g/mol. The van der Waals surface area contributed by atoms with Crippen molar-refractivity contribution in [2.45, 2.75) is 46.1 Å². The van der Waals surface area contributed by atoms with Crippen LogP contribution in [0.4, 0.5) is 0 Å². The highest BCUT2D eigenvalue weighted by Crippen LogP contribution is 2.26. The highest BCUT2D eigenvalue weighted by atomic mass is 32.2. The second-order valence-electron chi connectivity index (χ2n) is 6.17. The lowest BCUT2D eigenvalue weighted by atomic mass is 9.86. The molecule has 2 N–H and O–H groups in total. The van der Waals surface area contributed by atoms with E-state index in [1.165, 1.54) is 11.3 Å². The molecule has 0 unspecified atom stereocenters. The molecule has 0 atom stereocenters. The average molecular weight is 333 g/mol. The van der Waals surface area contributed by atoms with Crippen LogP contribution in [-0.4, -0.2) is 22.0 Å². The Morgan fingerprint density at radius 3 is 2.24 bits per heavy atom. The second-order valence-corrected chi connectivity index (χ2v) is 9.24. The highest BCUT2D eigenvalue weighted by molar-refractivity contribution is 7.89. The zero-order chi connectivity index (χ0) is 16.2. The summed E-state index contributed by atoms with van der Waals surface area (Å²) in [6.45, 7) is 11.6. The molecular formula is C15H28N2O2S2. The summed E-state index contributed by atoms with van der Waals surface area (Å²) in [5.41, 5.74) is 0. The molecule has 1 rings (SSSR count). The van der Waals surface area contributed by atoms with Crippen LogP contribution in [0.5, 0.6) is 0 Å². The number of thiophene rings is 1. The van der Waals surface area contributed by atoms with E-state index >= 15 is 0 Å². The van der Waals surface area contributed by atoms with Crippen LogP contribution in [0.15, 0.2) is 11.0 Å². The maximum absolute atomic E-state index is 12.5. The summed E-state index contributed by atoms with van der Waals surface area (Å²) < 4.78 is 27.8. The van der Waals surface area contributed by atoms with Crippen molar-refractivity contribution >= 4 is 21.4 Å². The lowest BCUT2D eigenvalue weighted by Gasteiger charge is -2.24. The summed E-state index contributed by atoms with van der Waals surface area (Å²) in [7, 11) is -1.56. The summed E-state index contributed by atoms with van der Waals surface area (Å²) in [6.07, 6.45) is 0. The molecule has 0 aliphatic carbocycles.